The first-order chi connectivity index (χ1) is 13.0. The molecule has 2 atom stereocenters. The average molecular weight is 380 g/mol. The lowest BCUT2D eigenvalue weighted by atomic mass is 9.81. The molecular formula is C20H32N2O5. The molecule has 3 fully saturated rings. The summed E-state index contributed by atoms with van der Waals surface area (Å²) in [6.45, 7) is 4.06. The minimum absolute atomic E-state index is 0.00831. The first kappa shape index (κ1) is 20.3. The Balaban J connectivity index is 1.63. The molecule has 0 spiro atoms. The molecule has 27 heavy (non-hydrogen) atoms. The SMILES string of the molecule is CC1(NC(=O)[C@H](CC(=O)N2CCOCC2)CC2CCCCC2)CC(=O)CO1. The fraction of sp³-hybridized carbons (Fsp3) is 0.850. The quantitative estimate of drug-likeness (QED) is 0.757. The first-order valence-corrected chi connectivity index (χ1v) is 10.3. The van der Waals surface area contributed by atoms with Crippen LogP contribution in [0.5, 0.6) is 0 Å². The molecule has 152 valence electrons. The summed E-state index contributed by atoms with van der Waals surface area (Å²) in [6.07, 6.45) is 7.04. The number of nitrogens with one attached hydrogen (secondary N) is 1. The van der Waals surface area contributed by atoms with Gasteiger partial charge in [-0.05, 0) is 19.3 Å². The fourth-order valence-electron chi connectivity index (χ4n) is 4.42. The van der Waals surface area contributed by atoms with Gasteiger partial charge in [-0.25, -0.2) is 0 Å². The Kier molecular flexibility index (Phi) is 6.87. The number of ether oxygens (including phenoxy) is 2. The summed E-state index contributed by atoms with van der Waals surface area (Å²) < 4.78 is 10.8. The molecule has 7 nitrogen and oxygen atoms in total. The molecular weight excluding hydrogens is 348 g/mol. The summed E-state index contributed by atoms with van der Waals surface area (Å²) >= 11 is 0. The van der Waals surface area contributed by atoms with Crippen LogP contribution >= 0.6 is 0 Å². The second kappa shape index (κ2) is 9.15. The maximum Gasteiger partial charge on any atom is 0.225 e. The van der Waals surface area contributed by atoms with Crippen LogP contribution in [-0.4, -0.2) is 61.1 Å². The van der Waals surface area contributed by atoms with E-state index in [1.807, 2.05) is 0 Å². The predicted molar refractivity (Wildman–Crippen MR) is 98.8 cm³/mol. The van der Waals surface area contributed by atoms with Crippen molar-refractivity contribution in [3.8, 4) is 0 Å². The molecule has 7 heteroatoms. The Morgan fingerprint density at radius 3 is 2.56 bits per heavy atom. The number of nitrogens with zero attached hydrogens (tertiary/aromatic N) is 1. The summed E-state index contributed by atoms with van der Waals surface area (Å²) in [7, 11) is 0. The van der Waals surface area contributed by atoms with Crippen LogP contribution in [0.3, 0.4) is 0 Å². The number of carbonyl (C=O) groups excluding carboxylic acids is 3. The number of carbonyl (C=O) groups is 3. The highest BCUT2D eigenvalue weighted by molar-refractivity contribution is 5.88. The van der Waals surface area contributed by atoms with Crippen molar-refractivity contribution < 1.29 is 23.9 Å². The topological polar surface area (TPSA) is 84.9 Å². The molecule has 0 radical (unpaired) electrons. The maximum atomic E-state index is 13.0. The second-order valence-corrected chi connectivity index (χ2v) is 8.36. The average Bonchev–Trinajstić information content (AvgIpc) is 3.01. The van der Waals surface area contributed by atoms with Gasteiger partial charge in [-0.15, -0.1) is 0 Å². The van der Waals surface area contributed by atoms with Gasteiger partial charge in [-0.1, -0.05) is 32.1 Å². The monoisotopic (exact) mass is 380 g/mol. The Hall–Kier alpha value is -1.47. The maximum absolute atomic E-state index is 13.0. The molecule has 3 aliphatic rings. The van der Waals surface area contributed by atoms with E-state index in [0.717, 1.165) is 19.3 Å². The van der Waals surface area contributed by atoms with Crippen molar-refractivity contribution in [3.05, 3.63) is 0 Å². The standard InChI is InChI=1S/C20H32N2O5/c1-20(13-17(23)14-27-20)21-19(25)16(11-15-5-3-2-4-6-15)12-18(24)22-7-9-26-10-8-22/h15-16H,2-14H2,1H3,(H,21,25)/t16-,20?/m0/s1. The first-order valence-electron chi connectivity index (χ1n) is 10.3. The summed E-state index contributed by atoms with van der Waals surface area (Å²) in [4.78, 5) is 39.1. The lowest BCUT2D eigenvalue weighted by Gasteiger charge is -2.32. The third kappa shape index (κ3) is 5.75. The number of amides is 2. The van der Waals surface area contributed by atoms with Crippen LogP contribution in [0.1, 0.15) is 58.3 Å². The summed E-state index contributed by atoms with van der Waals surface area (Å²) in [5, 5.41) is 2.91. The number of rotatable bonds is 6. The Morgan fingerprint density at radius 1 is 1.22 bits per heavy atom. The third-order valence-corrected chi connectivity index (χ3v) is 5.97. The molecule has 2 aliphatic heterocycles. The smallest absolute Gasteiger partial charge is 0.225 e. The highest BCUT2D eigenvalue weighted by atomic mass is 16.5. The number of hydrogen-bond donors (Lipinski definition) is 1. The normalized spacial score (nSPS) is 28.2. The minimum Gasteiger partial charge on any atom is -0.378 e. The van der Waals surface area contributed by atoms with E-state index >= 15 is 0 Å². The van der Waals surface area contributed by atoms with Gasteiger partial charge in [0.25, 0.3) is 0 Å². The largest absolute Gasteiger partial charge is 0.378 e. The van der Waals surface area contributed by atoms with Crippen LogP contribution in [0.15, 0.2) is 0 Å². The van der Waals surface area contributed by atoms with Crippen molar-refractivity contribution in [2.24, 2.45) is 11.8 Å². The Bertz CT molecular complexity index is 555. The van der Waals surface area contributed by atoms with E-state index in [-0.39, 0.29) is 43.0 Å². The van der Waals surface area contributed by atoms with Crippen molar-refractivity contribution in [1.82, 2.24) is 10.2 Å². The minimum atomic E-state index is -0.943. The van der Waals surface area contributed by atoms with E-state index in [4.69, 9.17) is 9.47 Å². The van der Waals surface area contributed by atoms with Gasteiger partial charge >= 0.3 is 0 Å². The van der Waals surface area contributed by atoms with Crippen LogP contribution in [0, 0.1) is 11.8 Å². The zero-order valence-corrected chi connectivity index (χ0v) is 16.3. The van der Waals surface area contributed by atoms with E-state index < -0.39 is 5.72 Å². The summed E-state index contributed by atoms with van der Waals surface area (Å²) in [5.41, 5.74) is -0.943. The molecule has 0 aromatic carbocycles. The van der Waals surface area contributed by atoms with Gasteiger partial charge < -0.3 is 19.7 Å². The van der Waals surface area contributed by atoms with Crippen LogP contribution in [0.2, 0.25) is 0 Å². The molecule has 1 N–H and O–H groups in total. The number of hydrogen-bond acceptors (Lipinski definition) is 5. The van der Waals surface area contributed by atoms with Crippen LogP contribution in [0.4, 0.5) is 0 Å². The van der Waals surface area contributed by atoms with Gasteiger partial charge in [0.1, 0.15) is 12.3 Å². The number of Topliss-reactive ketones (excluding diaryl/α,β-unsaturated/α-hetero) is 1. The highest BCUT2D eigenvalue weighted by Gasteiger charge is 2.39. The molecule has 2 amide bonds. The van der Waals surface area contributed by atoms with Gasteiger partial charge in [-0.2, -0.15) is 0 Å². The molecule has 1 aliphatic carbocycles. The highest BCUT2D eigenvalue weighted by Crippen LogP contribution is 2.31. The van der Waals surface area contributed by atoms with Crippen molar-refractivity contribution >= 4 is 17.6 Å². The zero-order valence-electron chi connectivity index (χ0n) is 16.3. The van der Waals surface area contributed by atoms with E-state index in [1.165, 1.54) is 19.3 Å². The number of morpholine rings is 1. The van der Waals surface area contributed by atoms with Gasteiger partial charge in [0.15, 0.2) is 5.78 Å². The van der Waals surface area contributed by atoms with Crippen molar-refractivity contribution in [3.63, 3.8) is 0 Å². The lowest BCUT2D eigenvalue weighted by molar-refractivity contribution is -0.142. The molecule has 3 rings (SSSR count). The molecule has 0 bridgehead atoms. The zero-order chi connectivity index (χ0) is 19.3. The van der Waals surface area contributed by atoms with E-state index in [9.17, 15) is 14.4 Å². The number of ketones is 1. The molecule has 1 unspecified atom stereocenters. The van der Waals surface area contributed by atoms with Gasteiger partial charge in [0, 0.05) is 25.4 Å². The molecule has 2 saturated heterocycles. The van der Waals surface area contributed by atoms with Crippen LogP contribution in [-0.2, 0) is 23.9 Å². The van der Waals surface area contributed by atoms with Crippen molar-refractivity contribution in [2.45, 2.75) is 64.0 Å². The van der Waals surface area contributed by atoms with Gasteiger partial charge in [0.2, 0.25) is 11.8 Å². The van der Waals surface area contributed by atoms with Gasteiger partial charge in [-0.3, -0.25) is 14.4 Å². The van der Waals surface area contributed by atoms with Crippen LogP contribution < -0.4 is 5.32 Å². The van der Waals surface area contributed by atoms with Crippen molar-refractivity contribution in [2.75, 3.05) is 32.9 Å². The summed E-state index contributed by atoms with van der Waals surface area (Å²) in [6, 6.07) is 0. The van der Waals surface area contributed by atoms with E-state index in [2.05, 4.69) is 5.32 Å². The Labute approximate surface area is 161 Å². The molecule has 1 saturated carbocycles. The lowest BCUT2D eigenvalue weighted by Crippen LogP contribution is -2.49. The molecule has 0 aromatic heterocycles. The van der Waals surface area contributed by atoms with Gasteiger partial charge in [0.05, 0.1) is 19.6 Å². The van der Waals surface area contributed by atoms with E-state index in [1.54, 1.807) is 11.8 Å². The third-order valence-electron chi connectivity index (χ3n) is 5.97. The fourth-order valence-corrected chi connectivity index (χ4v) is 4.42. The Morgan fingerprint density at radius 2 is 1.93 bits per heavy atom. The molecule has 2 heterocycles. The van der Waals surface area contributed by atoms with E-state index in [0.29, 0.717) is 32.2 Å². The molecule has 0 aromatic rings. The van der Waals surface area contributed by atoms with Crippen molar-refractivity contribution in [1.29, 1.82) is 0 Å². The summed E-state index contributed by atoms with van der Waals surface area (Å²) in [5.74, 6) is -0.0428. The predicted octanol–water partition coefficient (Wildman–Crippen LogP) is 1.64. The second-order valence-electron chi connectivity index (χ2n) is 8.36. The van der Waals surface area contributed by atoms with Crippen LogP contribution in [0.25, 0.3) is 0 Å².